The lowest BCUT2D eigenvalue weighted by Crippen LogP contribution is -2.35. The van der Waals surface area contributed by atoms with Gasteiger partial charge in [-0.1, -0.05) is 6.42 Å². The van der Waals surface area contributed by atoms with Gasteiger partial charge in [-0.3, -0.25) is 0 Å². The van der Waals surface area contributed by atoms with E-state index in [9.17, 15) is 8.42 Å². The molecule has 0 unspecified atom stereocenters. The Balaban J connectivity index is 1.59. The number of pyridine rings is 1. The first-order valence-corrected chi connectivity index (χ1v) is 9.67. The fraction of sp³-hybridized carbons (Fsp3) is 0.600. The minimum atomic E-state index is -3.44. The SMILES string of the molecule is O=S(=O)(c1ccc2nc(NCC3CC3)nn2c1)N1CCCCC1. The normalized spacial score (nSPS) is 20.0. The Bertz CT molecular complexity index is 806. The number of anilines is 1. The van der Waals surface area contributed by atoms with Crippen LogP contribution in [0.1, 0.15) is 32.1 Å². The molecular formula is C15H21N5O2S. The minimum absolute atomic E-state index is 0.283. The van der Waals surface area contributed by atoms with Crippen LogP contribution in [0.4, 0.5) is 5.95 Å². The van der Waals surface area contributed by atoms with Gasteiger partial charge in [-0.15, -0.1) is 5.10 Å². The number of sulfonamides is 1. The van der Waals surface area contributed by atoms with Crippen molar-refractivity contribution in [2.75, 3.05) is 25.0 Å². The van der Waals surface area contributed by atoms with Gasteiger partial charge < -0.3 is 5.32 Å². The highest BCUT2D eigenvalue weighted by Crippen LogP contribution is 2.28. The third-order valence-corrected chi connectivity index (χ3v) is 6.38. The molecule has 2 fully saturated rings. The Labute approximate surface area is 135 Å². The van der Waals surface area contributed by atoms with E-state index in [-0.39, 0.29) is 4.90 Å². The van der Waals surface area contributed by atoms with Gasteiger partial charge in [-0.05, 0) is 43.7 Å². The predicted molar refractivity (Wildman–Crippen MR) is 86.8 cm³/mol. The molecule has 0 bridgehead atoms. The van der Waals surface area contributed by atoms with Crippen LogP contribution in [0, 0.1) is 5.92 Å². The molecule has 0 radical (unpaired) electrons. The number of nitrogens with one attached hydrogen (secondary N) is 1. The summed E-state index contributed by atoms with van der Waals surface area (Å²) in [6.07, 6.45) is 7.05. The summed E-state index contributed by atoms with van der Waals surface area (Å²) < 4.78 is 28.5. The van der Waals surface area contributed by atoms with Crippen molar-refractivity contribution in [3.63, 3.8) is 0 Å². The molecule has 1 N–H and O–H groups in total. The Kier molecular flexibility index (Phi) is 3.73. The van der Waals surface area contributed by atoms with Gasteiger partial charge in [0.1, 0.15) is 4.90 Å². The maximum Gasteiger partial charge on any atom is 0.244 e. The van der Waals surface area contributed by atoms with Crippen LogP contribution in [0.2, 0.25) is 0 Å². The summed E-state index contributed by atoms with van der Waals surface area (Å²) in [5, 5.41) is 7.56. The van der Waals surface area contributed by atoms with Gasteiger partial charge in [-0.25, -0.2) is 12.9 Å². The summed E-state index contributed by atoms with van der Waals surface area (Å²) in [4.78, 5) is 4.66. The first-order chi connectivity index (χ1) is 11.1. The van der Waals surface area contributed by atoms with E-state index in [4.69, 9.17) is 0 Å². The Morgan fingerprint density at radius 3 is 2.70 bits per heavy atom. The number of piperidine rings is 1. The molecule has 1 saturated heterocycles. The predicted octanol–water partition coefficient (Wildman–Crippen LogP) is 1.73. The van der Waals surface area contributed by atoms with E-state index < -0.39 is 10.0 Å². The topological polar surface area (TPSA) is 79.6 Å². The molecule has 2 aromatic rings. The van der Waals surface area contributed by atoms with E-state index in [0.29, 0.717) is 24.7 Å². The Morgan fingerprint density at radius 2 is 1.96 bits per heavy atom. The summed E-state index contributed by atoms with van der Waals surface area (Å²) in [6.45, 7) is 2.09. The van der Waals surface area contributed by atoms with Crippen LogP contribution in [0.5, 0.6) is 0 Å². The average molecular weight is 335 g/mol. The Morgan fingerprint density at radius 1 is 1.17 bits per heavy atom. The molecule has 0 atom stereocenters. The van der Waals surface area contributed by atoms with Crippen molar-refractivity contribution in [1.82, 2.24) is 18.9 Å². The third-order valence-electron chi connectivity index (χ3n) is 4.50. The zero-order valence-corrected chi connectivity index (χ0v) is 13.8. The molecule has 0 amide bonds. The molecule has 7 nitrogen and oxygen atoms in total. The van der Waals surface area contributed by atoms with Crippen LogP contribution in [0.15, 0.2) is 23.2 Å². The highest BCUT2D eigenvalue weighted by Gasteiger charge is 2.26. The van der Waals surface area contributed by atoms with Crippen LogP contribution in [-0.4, -0.2) is 47.0 Å². The largest absolute Gasteiger partial charge is 0.353 e. The van der Waals surface area contributed by atoms with Gasteiger partial charge in [0.15, 0.2) is 5.65 Å². The molecule has 4 rings (SSSR count). The van der Waals surface area contributed by atoms with Crippen molar-refractivity contribution in [3.8, 4) is 0 Å². The van der Waals surface area contributed by atoms with E-state index in [2.05, 4.69) is 15.4 Å². The Hall–Kier alpha value is -1.67. The third kappa shape index (κ3) is 3.05. The molecule has 2 aliphatic rings. The van der Waals surface area contributed by atoms with Crippen molar-refractivity contribution in [2.24, 2.45) is 5.92 Å². The van der Waals surface area contributed by atoms with E-state index in [0.717, 1.165) is 31.7 Å². The van der Waals surface area contributed by atoms with Gasteiger partial charge in [0.05, 0.1) is 6.20 Å². The maximum absolute atomic E-state index is 12.7. The number of fused-ring (bicyclic) bond motifs is 1. The number of nitrogens with zero attached hydrogens (tertiary/aromatic N) is 4. The van der Waals surface area contributed by atoms with E-state index in [1.807, 2.05) is 0 Å². The molecule has 124 valence electrons. The molecule has 1 aliphatic heterocycles. The molecule has 1 aliphatic carbocycles. The zero-order valence-electron chi connectivity index (χ0n) is 13.0. The van der Waals surface area contributed by atoms with E-state index in [1.165, 1.54) is 12.8 Å². The zero-order chi connectivity index (χ0) is 15.9. The van der Waals surface area contributed by atoms with Crippen LogP contribution in [-0.2, 0) is 10.0 Å². The number of hydrogen-bond donors (Lipinski definition) is 1. The van der Waals surface area contributed by atoms with Crippen molar-refractivity contribution < 1.29 is 8.42 Å². The van der Waals surface area contributed by atoms with Crippen molar-refractivity contribution in [3.05, 3.63) is 18.3 Å². The quantitative estimate of drug-likeness (QED) is 0.900. The molecular weight excluding hydrogens is 314 g/mol. The monoisotopic (exact) mass is 335 g/mol. The average Bonchev–Trinajstić information content (AvgIpc) is 3.31. The number of aromatic nitrogens is 3. The highest BCUT2D eigenvalue weighted by molar-refractivity contribution is 7.89. The first-order valence-electron chi connectivity index (χ1n) is 8.23. The van der Waals surface area contributed by atoms with Crippen molar-refractivity contribution in [1.29, 1.82) is 0 Å². The van der Waals surface area contributed by atoms with Gasteiger partial charge in [0.2, 0.25) is 16.0 Å². The molecule has 8 heteroatoms. The number of hydrogen-bond acceptors (Lipinski definition) is 5. The van der Waals surface area contributed by atoms with Crippen LogP contribution >= 0.6 is 0 Å². The fourth-order valence-corrected chi connectivity index (χ4v) is 4.41. The summed E-state index contributed by atoms with van der Waals surface area (Å²) in [7, 11) is -3.44. The molecule has 2 aromatic heterocycles. The molecule has 0 spiro atoms. The minimum Gasteiger partial charge on any atom is -0.353 e. The lowest BCUT2D eigenvalue weighted by atomic mass is 10.2. The van der Waals surface area contributed by atoms with Gasteiger partial charge >= 0.3 is 0 Å². The second kappa shape index (κ2) is 5.76. The van der Waals surface area contributed by atoms with Gasteiger partial charge in [0.25, 0.3) is 0 Å². The smallest absolute Gasteiger partial charge is 0.244 e. The van der Waals surface area contributed by atoms with E-state index in [1.54, 1.807) is 27.2 Å². The van der Waals surface area contributed by atoms with Crippen LogP contribution < -0.4 is 5.32 Å². The van der Waals surface area contributed by atoms with E-state index >= 15 is 0 Å². The van der Waals surface area contributed by atoms with Crippen molar-refractivity contribution >= 4 is 21.6 Å². The molecule has 0 aromatic carbocycles. The lowest BCUT2D eigenvalue weighted by molar-refractivity contribution is 0.346. The summed E-state index contributed by atoms with van der Waals surface area (Å²) >= 11 is 0. The second-order valence-electron chi connectivity index (χ2n) is 6.39. The number of rotatable bonds is 5. The second-order valence-corrected chi connectivity index (χ2v) is 8.33. The lowest BCUT2D eigenvalue weighted by Gasteiger charge is -2.25. The van der Waals surface area contributed by atoms with Crippen LogP contribution in [0.25, 0.3) is 5.65 Å². The summed E-state index contributed by atoms with van der Waals surface area (Å²) in [5.41, 5.74) is 0.654. The summed E-state index contributed by atoms with van der Waals surface area (Å²) in [6, 6.07) is 3.34. The van der Waals surface area contributed by atoms with Crippen molar-refractivity contribution in [2.45, 2.75) is 37.0 Å². The van der Waals surface area contributed by atoms with Crippen LogP contribution in [0.3, 0.4) is 0 Å². The standard InChI is InChI=1S/C15H21N5O2S/c21-23(22,19-8-2-1-3-9-19)13-6-7-14-17-15(18-20(14)11-13)16-10-12-4-5-12/h6-7,11-12H,1-5,8-10H2,(H,16,18). The van der Waals surface area contributed by atoms with Gasteiger partial charge in [0, 0.05) is 19.6 Å². The molecule has 1 saturated carbocycles. The summed E-state index contributed by atoms with van der Waals surface area (Å²) in [5.74, 6) is 1.29. The molecule has 3 heterocycles. The highest BCUT2D eigenvalue weighted by atomic mass is 32.2. The van der Waals surface area contributed by atoms with Gasteiger partial charge in [-0.2, -0.15) is 9.29 Å². The maximum atomic E-state index is 12.7. The fourth-order valence-electron chi connectivity index (χ4n) is 2.90. The molecule has 23 heavy (non-hydrogen) atoms. The first kappa shape index (κ1) is 14.9.